The van der Waals surface area contributed by atoms with Crippen LogP contribution in [0.2, 0.25) is 5.02 Å². The number of ether oxygens (including phenoxy) is 2. The van der Waals surface area contributed by atoms with E-state index in [9.17, 15) is 0 Å². The summed E-state index contributed by atoms with van der Waals surface area (Å²) in [7, 11) is 3.52. The molecule has 0 aliphatic heterocycles. The number of nitrogens with zero attached hydrogens (tertiary/aromatic N) is 4. The number of hydrogen-bond acceptors (Lipinski definition) is 9. The Morgan fingerprint density at radius 3 is 2.76 bits per heavy atom. The van der Waals surface area contributed by atoms with Crippen LogP contribution in [0.4, 0.5) is 11.5 Å². The van der Waals surface area contributed by atoms with Crippen molar-refractivity contribution in [2.45, 2.75) is 32.8 Å². The van der Waals surface area contributed by atoms with Crippen LogP contribution in [0.3, 0.4) is 0 Å². The molecule has 0 unspecified atom stereocenters. The zero-order valence-corrected chi connectivity index (χ0v) is 20.1. The van der Waals surface area contributed by atoms with Crippen LogP contribution >= 0.6 is 11.6 Å². The average Bonchev–Trinajstić information content (AvgIpc) is 3.30. The monoisotopic (exact) mass is 482 g/mol. The lowest BCUT2D eigenvalue weighted by Gasteiger charge is -2.13. The van der Waals surface area contributed by atoms with Gasteiger partial charge in [0.05, 0.1) is 12.6 Å². The molecule has 10 heteroatoms. The van der Waals surface area contributed by atoms with Crippen molar-refractivity contribution in [3.05, 3.63) is 59.0 Å². The molecule has 9 nitrogen and oxygen atoms in total. The summed E-state index contributed by atoms with van der Waals surface area (Å²) in [6, 6.07) is 9.40. The lowest BCUT2D eigenvalue weighted by molar-refractivity contribution is 0.233. The maximum absolute atomic E-state index is 6.26. The lowest BCUT2D eigenvalue weighted by Crippen LogP contribution is -2.07. The summed E-state index contributed by atoms with van der Waals surface area (Å²) in [5.41, 5.74) is 2.53. The molecule has 0 aliphatic carbocycles. The highest BCUT2D eigenvalue weighted by atomic mass is 35.5. The first-order chi connectivity index (χ1) is 16.6. The predicted octanol–water partition coefficient (Wildman–Crippen LogP) is 4.85. The minimum absolute atomic E-state index is 0.128. The number of nitrogens with one attached hydrogen (secondary N) is 2. The van der Waals surface area contributed by atoms with Crippen molar-refractivity contribution in [3.8, 4) is 11.5 Å². The zero-order chi connectivity index (χ0) is 23.9. The second kappa shape index (κ2) is 11.1. The van der Waals surface area contributed by atoms with E-state index in [0.29, 0.717) is 39.6 Å². The Morgan fingerprint density at radius 2 is 1.97 bits per heavy atom. The molecule has 0 atom stereocenters. The van der Waals surface area contributed by atoms with Crippen LogP contribution in [0, 0.1) is 6.92 Å². The van der Waals surface area contributed by atoms with Crippen LogP contribution in [-0.4, -0.2) is 40.8 Å². The Balaban J connectivity index is 1.49. The highest BCUT2D eigenvalue weighted by molar-refractivity contribution is 6.31. The van der Waals surface area contributed by atoms with Crippen LogP contribution in [0.15, 0.2) is 41.2 Å². The summed E-state index contributed by atoms with van der Waals surface area (Å²) in [6.45, 7) is 3.05. The summed E-state index contributed by atoms with van der Waals surface area (Å²) in [5, 5.41) is 11.9. The van der Waals surface area contributed by atoms with Crippen molar-refractivity contribution < 1.29 is 14.0 Å². The molecule has 4 rings (SSSR count). The van der Waals surface area contributed by atoms with Crippen LogP contribution in [0.1, 0.15) is 30.1 Å². The summed E-state index contributed by atoms with van der Waals surface area (Å²) in [4.78, 5) is 13.2. The summed E-state index contributed by atoms with van der Waals surface area (Å²) >= 11 is 6.26. The van der Waals surface area contributed by atoms with Crippen molar-refractivity contribution in [1.82, 2.24) is 25.4 Å². The maximum Gasteiger partial charge on any atom is 0.264 e. The lowest BCUT2D eigenvalue weighted by atomic mass is 10.2. The molecule has 2 aromatic carbocycles. The van der Waals surface area contributed by atoms with Gasteiger partial charge < -0.3 is 24.6 Å². The summed E-state index contributed by atoms with van der Waals surface area (Å²) in [5.74, 6) is 2.78. The normalized spacial score (nSPS) is 11.1. The van der Waals surface area contributed by atoms with Gasteiger partial charge in [-0.05, 0) is 57.1 Å². The minimum Gasteiger partial charge on any atom is -0.493 e. The topological polar surface area (TPSA) is 107 Å². The van der Waals surface area contributed by atoms with Crippen LogP contribution in [0.5, 0.6) is 11.5 Å². The highest BCUT2D eigenvalue weighted by Gasteiger charge is 2.14. The van der Waals surface area contributed by atoms with E-state index < -0.39 is 0 Å². The van der Waals surface area contributed by atoms with Gasteiger partial charge in [-0.15, -0.1) is 0 Å². The number of hydrogen-bond donors (Lipinski definition) is 2. The Bertz CT molecular complexity index is 1260. The van der Waals surface area contributed by atoms with Crippen molar-refractivity contribution in [3.63, 3.8) is 0 Å². The number of anilines is 2. The van der Waals surface area contributed by atoms with Gasteiger partial charge in [0.2, 0.25) is 0 Å². The third-order valence-corrected chi connectivity index (χ3v) is 5.70. The largest absolute Gasteiger partial charge is 0.493 e. The third-order valence-electron chi connectivity index (χ3n) is 5.29. The van der Waals surface area contributed by atoms with Gasteiger partial charge in [0.25, 0.3) is 5.89 Å². The van der Waals surface area contributed by atoms with Crippen LogP contribution in [-0.2, 0) is 13.0 Å². The molecule has 0 fully saturated rings. The molecule has 0 saturated carbocycles. The molecule has 4 aromatic rings. The number of rotatable bonds is 11. The molecule has 178 valence electrons. The number of benzene rings is 2. The fourth-order valence-corrected chi connectivity index (χ4v) is 3.60. The van der Waals surface area contributed by atoms with Gasteiger partial charge in [-0.2, -0.15) is 4.98 Å². The van der Waals surface area contributed by atoms with E-state index in [1.165, 1.54) is 6.33 Å². The zero-order valence-electron chi connectivity index (χ0n) is 19.4. The fraction of sp³-hybridized carbons (Fsp3) is 0.333. The number of halogens is 1. The molecule has 2 N–H and O–H groups in total. The van der Waals surface area contributed by atoms with E-state index in [4.69, 9.17) is 25.6 Å². The van der Waals surface area contributed by atoms with Gasteiger partial charge in [-0.3, -0.25) is 0 Å². The molecular weight excluding hydrogens is 456 g/mol. The molecule has 0 spiro atoms. The molecule has 0 saturated heterocycles. The Labute approximate surface area is 202 Å². The van der Waals surface area contributed by atoms with Crippen molar-refractivity contribution in [2.75, 3.05) is 26.0 Å². The molecule has 0 amide bonds. The summed E-state index contributed by atoms with van der Waals surface area (Å²) < 4.78 is 16.8. The van der Waals surface area contributed by atoms with Gasteiger partial charge in [-0.1, -0.05) is 22.8 Å². The SMILES string of the molecule is CNCCCCc1noc(COc2cc3ncnc(Nc4ccc(C)c(Cl)c4)c3cc2OC)n1. The number of fused-ring (bicyclic) bond motifs is 1. The second-order valence-electron chi connectivity index (χ2n) is 7.79. The Hall–Kier alpha value is -3.43. The molecule has 34 heavy (non-hydrogen) atoms. The highest BCUT2D eigenvalue weighted by Crippen LogP contribution is 2.35. The van der Waals surface area contributed by atoms with Gasteiger partial charge in [0.15, 0.2) is 23.9 Å². The van der Waals surface area contributed by atoms with Crippen molar-refractivity contribution in [1.29, 1.82) is 0 Å². The van der Waals surface area contributed by atoms with Gasteiger partial charge >= 0.3 is 0 Å². The molecule has 0 radical (unpaired) electrons. The predicted molar refractivity (Wildman–Crippen MR) is 131 cm³/mol. The molecule has 2 heterocycles. The van der Waals surface area contributed by atoms with Crippen LogP contribution in [0.25, 0.3) is 10.9 Å². The van der Waals surface area contributed by atoms with E-state index >= 15 is 0 Å². The first-order valence-electron chi connectivity index (χ1n) is 11.0. The van der Waals surface area contributed by atoms with Crippen molar-refractivity contribution in [2.24, 2.45) is 0 Å². The van der Waals surface area contributed by atoms with E-state index in [0.717, 1.165) is 42.4 Å². The number of aromatic nitrogens is 4. The third kappa shape index (κ3) is 5.73. The molecular formula is C24H27ClN6O3. The van der Waals surface area contributed by atoms with E-state index in [1.54, 1.807) is 13.2 Å². The Kier molecular flexibility index (Phi) is 7.76. The Morgan fingerprint density at radius 1 is 1.09 bits per heavy atom. The number of unbranched alkanes of at least 4 members (excludes halogenated alkanes) is 1. The fourth-order valence-electron chi connectivity index (χ4n) is 3.42. The smallest absolute Gasteiger partial charge is 0.264 e. The molecule has 2 aromatic heterocycles. The quantitative estimate of drug-likeness (QED) is 0.290. The molecule has 0 aliphatic rings. The average molecular weight is 483 g/mol. The standard InChI is InChI=1S/C24H27ClN6O3/c1-15-7-8-16(10-18(15)25)29-24-17-11-20(32-3)21(12-19(17)27-14-28-24)33-13-23-30-22(31-34-23)6-4-5-9-26-2/h7-8,10-12,14,26H,4-6,9,13H2,1-3H3,(H,27,28,29). The van der Waals surface area contributed by atoms with Gasteiger partial charge in [0, 0.05) is 28.6 Å². The van der Waals surface area contributed by atoms with E-state index in [-0.39, 0.29) is 6.61 Å². The minimum atomic E-state index is 0.128. The van der Waals surface area contributed by atoms with Crippen molar-refractivity contribution >= 4 is 34.0 Å². The molecule has 0 bridgehead atoms. The van der Waals surface area contributed by atoms with Crippen LogP contribution < -0.4 is 20.1 Å². The maximum atomic E-state index is 6.26. The van der Waals surface area contributed by atoms with E-state index in [2.05, 4.69) is 30.7 Å². The summed E-state index contributed by atoms with van der Waals surface area (Å²) in [6.07, 6.45) is 4.31. The number of aryl methyl sites for hydroxylation is 2. The first-order valence-corrected chi connectivity index (χ1v) is 11.4. The van der Waals surface area contributed by atoms with Gasteiger partial charge in [0.1, 0.15) is 12.1 Å². The first kappa shape index (κ1) is 23.7. The van der Waals surface area contributed by atoms with Gasteiger partial charge in [-0.25, -0.2) is 9.97 Å². The second-order valence-corrected chi connectivity index (χ2v) is 8.19. The number of methoxy groups -OCH3 is 1. The van der Waals surface area contributed by atoms with E-state index in [1.807, 2.05) is 38.2 Å².